The summed E-state index contributed by atoms with van der Waals surface area (Å²) < 4.78 is 6.90. The lowest BCUT2D eigenvalue weighted by atomic mass is 9.97. The molecule has 1 aromatic carbocycles. The summed E-state index contributed by atoms with van der Waals surface area (Å²) in [4.78, 5) is 38.0. The molecule has 1 aliphatic carbocycles. The molecule has 3 aromatic heterocycles. The van der Waals surface area contributed by atoms with E-state index >= 15 is 0 Å². The fourth-order valence-electron chi connectivity index (χ4n) is 5.16. The summed E-state index contributed by atoms with van der Waals surface area (Å²) in [5.74, 6) is 0.751. The number of ether oxygens (including phenoxy) is 1. The van der Waals surface area contributed by atoms with Gasteiger partial charge in [0.15, 0.2) is 5.65 Å². The Balaban J connectivity index is 1.31. The van der Waals surface area contributed by atoms with Crippen LogP contribution >= 0.6 is 11.3 Å². The van der Waals surface area contributed by atoms with E-state index < -0.39 is 0 Å². The number of piperazine rings is 1. The van der Waals surface area contributed by atoms with Crippen LogP contribution in [0.2, 0.25) is 0 Å². The van der Waals surface area contributed by atoms with E-state index in [0.717, 1.165) is 60.4 Å². The van der Waals surface area contributed by atoms with Gasteiger partial charge in [0, 0.05) is 49.0 Å². The average Bonchev–Trinajstić information content (AvgIpc) is 3.27. The number of hydrogen-bond acceptors (Lipinski definition) is 6. The zero-order valence-electron chi connectivity index (χ0n) is 19.1. The first-order valence-electron chi connectivity index (χ1n) is 11.8. The van der Waals surface area contributed by atoms with E-state index in [1.165, 1.54) is 10.4 Å². The van der Waals surface area contributed by atoms with E-state index in [1.54, 1.807) is 41.2 Å². The Morgan fingerprint density at radius 3 is 2.71 bits per heavy atom. The van der Waals surface area contributed by atoms with E-state index in [9.17, 15) is 9.59 Å². The van der Waals surface area contributed by atoms with E-state index in [1.807, 2.05) is 23.1 Å². The van der Waals surface area contributed by atoms with Gasteiger partial charge in [0.25, 0.3) is 11.5 Å². The Morgan fingerprint density at radius 1 is 1.06 bits per heavy atom. The highest BCUT2D eigenvalue weighted by atomic mass is 32.1. The van der Waals surface area contributed by atoms with Crippen LogP contribution in [0.25, 0.3) is 15.9 Å². The Bertz CT molecular complexity index is 1470. The first kappa shape index (κ1) is 21.2. The molecule has 7 nitrogen and oxygen atoms in total. The summed E-state index contributed by atoms with van der Waals surface area (Å²) in [6.07, 6.45) is 5.95. The molecular weight excluding hydrogens is 448 g/mol. The van der Waals surface area contributed by atoms with E-state index in [2.05, 4.69) is 11.0 Å². The molecule has 1 amide bonds. The summed E-state index contributed by atoms with van der Waals surface area (Å²) in [6, 6.07) is 11.6. The third-order valence-electron chi connectivity index (χ3n) is 6.98. The molecule has 0 unspecified atom stereocenters. The molecule has 1 aliphatic heterocycles. The van der Waals surface area contributed by atoms with Crippen LogP contribution in [0.4, 0.5) is 5.69 Å². The van der Waals surface area contributed by atoms with Gasteiger partial charge < -0.3 is 14.5 Å². The number of carbonyl (C=O) groups is 1. The minimum atomic E-state index is -0.0732. The van der Waals surface area contributed by atoms with Crippen molar-refractivity contribution in [1.82, 2.24) is 14.3 Å². The number of aryl methyl sites for hydroxylation is 2. The number of carbonyl (C=O) groups excluding carboxylic acids is 1. The lowest BCUT2D eigenvalue weighted by Gasteiger charge is -2.36. The Morgan fingerprint density at radius 2 is 1.88 bits per heavy atom. The molecule has 0 spiro atoms. The largest absolute Gasteiger partial charge is 0.497 e. The molecule has 4 heterocycles. The number of hydrogen-bond donors (Lipinski definition) is 0. The van der Waals surface area contributed by atoms with Crippen LogP contribution in [-0.2, 0) is 12.8 Å². The second-order valence-corrected chi connectivity index (χ2v) is 9.99. The molecular formula is C26H26N4O3S. The number of fused-ring (bicyclic) bond motifs is 4. The fourth-order valence-corrected chi connectivity index (χ4v) is 6.41. The van der Waals surface area contributed by atoms with E-state index in [-0.39, 0.29) is 11.5 Å². The molecule has 0 atom stereocenters. The molecule has 0 radical (unpaired) electrons. The minimum absolute atomic E-state index is 0.0584. The van der Waals surface area contributed by atoms with Gasteiger partial charge in [0.2, 0.25) is 0 Å². The SMILES string of the molecule is COc1cccc(N2CCN(C(=O)c3cccn4c(=O)c5c6c(sc5nc34)CCCC6)CC2)c1. The molecule has 4 aromatic rings. The van der Waals surface area contributed by atoms with Crippen molar-refractivity contribution in [2.45, 2.75) is 25.7 Å². The van der Waals surface area contributed by atoms with Crippen LogP contribution in [0.5, 0.6) is 5.75 Å². The molecule has 8 heteroatoms. The molecule has 0 bridgehead atoms. The number of anilines is 1. The van der Waals surface area contributed by atoms with Gasteiger partial charge >= 0.3 is 0 Å². The smallest absolute Gasteiger partial charge is 0.266 e. The number of pyridine rings is 1. The molecule has 1 fully saturated rings. The number of nitrogens with zero attached hydrogens (tertiary/aromatic N) is 4. The molecule has 34 heavy (non-hydrogen) atoms. The summed E-state index contributed by atoms with van der Waals surface area (Å²) in [5, 5.41) is 0.744. The van der Waals surface area contributed by atoms with E-state index in [4.69, 9.17) is 9.72 Å². The van der Waals surface area contributed by atoms with Crippen LogP contribution in [-0.4, -0.2) is 53.5 Å². The number of methoxy groups -OCH3 is 1. The maximum Gasteiger partial charge on any atom is 0.266 e. The molecule has 0 N–H and O–H groups in total. The fraction of sp³-hybridized carbons (Fsp3) is 0.346. The van der Waals surface area contributed by atoms with Crippen molar-refractivity contribution in [2.24, 2.45) is 0 Å². The quantitative estimate of drug-likeness (QED) is 0.452. The van der Waals surface area contributed by atoms with Crippen molar-refractivity contribution in [2.75, 3.05) is 38.2 Å². The molecule has 174 valence electrons. The summed E-state index contributed by atoms with van der Waals surface area (Å²) in [6.45, 7) is 2.69. The summed E-state index contributed by atoms with van der Waals surface area (Å²) in [7, 11) is 1.67. The van der Waals surface area contributed by atoms with Crippen LogP contribution in [0.1, 0.15) is 33.6 Å². The zero-order chi connectivity index (χ0) is 23.2. The normalized spacial score (nSPS) is 16.1. The standard InChI is InChI=1S/C26H26N4O3S/c1-33-18-7-4-6-17(16-18)28-12-14-29(15-13-28)25(31)20-9-5-11-30-23(20)27-24-22(26(30)32)19-8-2-3-10-21(19)34-24/h4-7,9,11,16H,2-3,8,10,12-15H2,1H3. The number of aromatic nitrogens is 2. The Labute approximate surface area is 201 Å². The number of thiophene rings is 1. The van der Waals surface area contributed by atoms with Crippen molar-refractivity contribution in [3.8, 4) is 5.75 Å². The van der Waals surface area contributed by atoms with Gasteiger partial charge in [-0.1, -0.05) is 6.07 Å². The predicted octanol–water partition coefficient (Wildman–Crippen LogP) is 3.76. The first-order chi connectivity index (χ1) is 16.6. The third-order valence-corrected chi connectivity index (χ3v) is 8.16. The maximum absolute atomic E-state index is 13.5. The van der Waals surface area contributed by atoms with Gasteiger partial charge in [-0.2, -0.15) is 0 Å². The topological polar surface area (TPSA) is 67.2 Å². The predicted molar refractivity (Wildman–Crippen MR) is 135 cm³/mol. The molecule has 2 aliphatic rings. The minimum Gasteiger partial charge on any atom is -0.497 e. The van der Waals surface area contributed by atoms with Crippen molar-refractivity contribution >= 4 is 38.8 Å². The molecule has 6 rings (SSSR count). The van der Waals surface area contributed by atoms with Crippen molar-refractivity contribution in [1.29, 1.82) is 0 Å². The third kappa shape index (κ3) is 3.44. The highest BCUT2D eigenvalue weighted by Gasteiger charge is 2.26. The first-order valence-corrected chi connectivity index (χ1v) is 12.6. The van der Waals surface area contributed by atoms with Crippen LogP contribution < -0.4 is 15.2 Å². The number of amides is 1. The van der Waals surface area contributed by atoms with Crippen LogP contribution in [0, 0.1) is 0 Å². The highest BCUT2D eigenvalue weighted by molar-refractivity contribution is 7.18. The summed E-state index contributed by atoms with van der Waals surface area (Å²) >= 11 is 1.62. The average molecular weight is 475 g/mol. The number of benzene rings is 1. The van der Waals surface area contributed by atoms with Crippen molar-refractivity contribution in [3.63, 3.8) is 0 Å². The number of rotatable bonds is 3. The van der Waals surface area contributed by atoms with Gasteiger partial charge in [-0.25, -0.2) is 4.98 Å². The van der Waals surface area contributed by atoms with Crippen LogP contribution in [0.3, 0.4) is 0 Å². The summed E-state index contributed by atoms with van der Waals surface area (Å²) in [5.41, 5.74) is 3.15. The van der Waals surface area contributed by atoms with Gasteiger partial charge in [0.1, 0.15) is 10.6 Å². The Hall–Kier alpha value is -3.39. The van der Waals surface area contributed by atoms with Crippen molar-refractivity contribution in [3.05, 3.63) is 69.0 Å². The van der Waals surface area contributed by atoms with Gasteiger partial charge in [-0.05, 0) is 55.5 Å². The Kier molecular flexibility index (Phi) is 5.25. The lowest BCUT2D eigenvalue weighted by molar-refractivity contribution is 0.0748. The van der Waals surface area contributed by atoms with E-state index in [0.29, 0.717) is 24.3 Å². The van der Waals surface area contributed by atoms with Crippen LogP contribution in [0.15, 0.2) is 47.4 Å². The van der Waals surface area contributed by atoms with Gasteiger partial charge in [-0.15, -0.1) is 11.3 Å². The van der Waals surface area contributed by atoms with Gasteiger partial charge in [0.05, 0.1) is 18.1 Å². The maximum atomic E-state index is 13.5. The van der Waals surface area contributed by atoms with Gasteiger partial charge in [-0.3, -0.25) is 14.0 Å². The molecule has 0 saturated carbocycles. The van der Waals surface area contributed by atoms with Crippen molar-refractivity contribution < 1.29 is 9.53 Å². The monoisotopic (exact) mass is 474 g/mol. The second kappa shape index (κ2) is 8.43. The molecule has 1 saturated heterocycles. The lowest BCUT2D eigenvalue weighted by Crippen LogP contribution is -2.49. The zero-order valence-corrected chi connectivity index (χ0v) is 19.9. The second-order valence-electron chi connectivity index (χ2n) is 8.90. The highest BCUT2D eigenvalue weighted by Crippen LogP contribution is 2.34.